The number of rotatable bonds is 11. The Kier molecular flexibility index (Phi) is 18.2. The Bertz CT molecular complexity index is 8400. The molecule has 0 amide bonds. The summed E-state index contributed by atoms with van der Waals surface area (Å²) in [4.78, 5) is 0. The molecule has 0 aliphatic carbocycles. The van der Waals surface area contributed by atoms with Gasteiger partial charge in [0, 0.05) is 98.8 Å². The lowest BCUT2D eigenvalue weighted by molar-refractivity contribution is 1.13. The minimum absolute atomic E-state index is 1.14. The average Bonchev–Trinajstić information content (AvgIpc) is 1.58. The van der Waals surface area contributed by atoms with E-state index in [0.717, 1.165) is 34.1 Å². The van der Waals surface area contributed by atoms with Gasteiger partial charge in [-0.05, 0) is 194 Å². The van der Waals surface area contributed by atoms with E-state index in [4.69, 9.17) is 0 Å². The van der Waals surface area contributed by atoms with E-state index in [1.807, 2.05) is 0 Å². The van der Waals surface area contributed by atoms with Crippen molar-refractivity contribution in [1.82, 2.24) is 27.4 Å². The summed E-state index contributed by atoms with van der Waals surface area (Å²) in [5.74, 6) is 0. The minimum atomic E-state index is 1.14. The lowest BCUT2D eigenvalue weighted by Gasteiger charge is -2.17. The van der Waals surface area contributed by atoms with Crippen LogP contribution < -0.4 is 0 Å². The maximum absolute atomic E-state index is 2.43. The Hall–Kier alpha value is -17.3. The number of hydrogen-bond acceptors (Lipinski definition) is 0. The molecule has 6 nitrogen and oxygen atoms in total. The molecule has 6 heteroatoms. The average molecular weight is 1660 g/mol. The largest absolute Gasteiger partial charge is 0.309 e. The van der Waals surface area contributed by atoms with Gasteiger partial charge in [0.25, 0.3) is 0 Å². The number of nitrogens with zero attached hydrogens (tertiary/aromatic N) is 6. The highest BCUT2D eigenvalue weighted by atomic mass is 15.0. The van der Waals surface area contributed by atoms with Crippen LogP contribution in [0.2, 0.25) is 0 Å². The fourth-order valence-electron chi connectivity index (χ4n) is 20.8. The highest BCUT2D eigenvalue weighted by Crippen LogP contribution is 2.45. The molecule has 27 rings (SSSR count). The molecule has 608 valence electrons. The molecule has 0 saturated carbocycles. The molecule has 21 aromatic carbocycles. The SMILES string of the molecule is c1ccc(-c2ccc(-c3cc(-n4c5ccccc5c5ccccc54)cc(-n4c5ccccc5c5ccccc54)c3)cc2)cc1.c1ccc(-c2ccccc2-c2cc(-n3c4ccccc4c4ccccc43)cc(-n3c4ccccc4c4ccccc43)c2)cc1.c1ccc2c(-c3cc(-n4c5ccccc5c5ccccc54)cc(-n4c5ccccc5c5ccccc54)c3)cccc2c1. The number of aromatic nitrogens is 6. The van der Waals surface area contributed by atoms with Crippen molar-refractivity contribution in [2.24, 2.45) is 0 Å². The van der Waals surface area contributed by atoms with E-state index in [9.17, 15) is 0 Å². The monoisotopic (exact) mass is 1650 g/mol. The topological polar surface area (TPSA) is 29.6 Å². The third-order valence-corrected chi connectivity index (χ3v) is 26.5. The molecule has 130 heavy (non-hydrogen) atoms. The molecule has 27 aromatic rings. The Labute approximate surface area is 751 Å². The third-order valence-electron chi connectivity index (χ3n) is 26.5. The molecular formula is C124H82N6. The van der Waals surface area contributed by atoms with Crippen LogP contribution in [-0.4, -0.2) is 27.4 Å². The molecule has 0 aliphatic rings. The highest BCUT2D eigenvalue weighted by molar-refractivity contribution is 6.15. The smallest absolute Gasteiger partial charge is 0.0541 e. The Morgan fingerprint density at radius 2 is 0.277 bits per heavy atom. The van der Waals surface area contributed by atoms with Crippen molar-refractivity contribution in [2.45, 2.75) is 0 Å². The molecule has 0 N–H and O–H groups in total. The summed E-state index contributed by atoms with van der Waals surface area (Å²) in [6.07, 6.45) is 0. The van der Waals surface area contributed by atoms with Crippen LogP contribution in [0.3, 0.4) is 0 Å². The Morgan fingerprint density at radius 1 is 0.100 bits per heavy atom. The maximum Gasteiger partial charge on any atom is 0.0541 e. The first-order chi connectivity index (χ1) is 64.5. The second-order valence-electron chi connectivity index (χ2n) is 33.8. The van der Waals surface area contributed by atoms with Crippen LogP contribution in [0.5, 0.6) is 0 Å². The standard InChI is InChI=1S/2C42H28N2.C40H26N2/c1-2-12-29(13-3-1)30-22-24-31(25-23-30)32-26-33(43-39-18-8-4-14-35(39)36-15-5-9-19-40(36)43)28-34(27-32)44-41-20-10-6-16-37(41)38-17-7-11-21-42(38)44;1-2-14-29(15-3-1)33-16-4-5-17-34(33)30-26-31(43-39-22-10-6-18-35(39)36-19-7-11-23-40(36)43)28-32(27-30)44-41-24-12-8-20-37(41)38-21-9-13-25-42(38)44;1-2-14-31-27(12-1)13-11-19-32(31)28-24-29(41-37-20-7-3-15-33(37)34-16-4-8-21-38(34)41)26-30(25-28)42-39-22-9-5-17-35(39)36-18-6-10-23-40(36)42/h2*1-28H;1-26H. The quantitative estimate of drug-likeness (QED) is 0.124. The molecule has 0 aliphatic heterocycles. The summed E-state index contributed by atoms with van der Waals surface area (Å²) in [6.45, 7) is 0. The fraction of sp³-hybridized carbons (Fsp3) is 0. The van der Waals surface area contributed by atoms with E-state index in [1.54, 1.807) is 0 Å². The first-order valence-electron chi connectivity index (χ1n) is 44.7. The van der Waals surface area contributed by atoms with Gasteiger partial charge in [0.15, 0.2) is 0 Å². The molecule has 0 atom stereocenters. The zero-order valence-electron chi connectivity index (χ0n) is 71.0. The lowest BCUT2D eigenvalue weighted by Crippen LogP contribution is -2.00. The second kappa shape index (κ2) is 31.4. The fourth-order valence-corrected chi connectivity index (χ4v) is 20.8. The zero-order valence-corrected chi connectivity index (χ0v) is 71.0. The van der Waals surface area contributed by atoms with Crippen molar-refractivity contribution in [3.63, 3.8) is 0 Å². The first kappa shape index (κ1) is 75.2. The van der Waals surface area contributed by atoms with Crippen LogP contribution in [-0.2, 0) is 0 Å². The molecule has 0 radical (unpaired) electrons. The van der Waals surface area contributed by atoms with E-state index in [1.165, 1.54) is 197 Å². The summed E-state index contributed by atoms with van der Waals surface area (Å²) < 4.78 is 14.6. The van der Waals surface area contributed by atoms with E-state index in [2.05, 4.69) is 525 Å². The van der Waals surface area contributed by atoms with Gasteiger partial charge >= 0.3 is 0 Å². The van der Waals surface area contributed by atoms with Crippen molar-refractivity contribution in [1.29, 1.82) is 0 Å². The van der Waals surface area contributed by atoms with E-state index < -0.39 is 0 Å². The molecule has 6 aromatic heterocycles. The van der Waals surface area contributed by atoms with Gasteiger partial charge in [-0.3, -0.25) is 0 Å². The molecule has 0 saturated heterocycles. The van der Waals surface area contributed by atoms with Gasteiger partial charge < -0.3 is 27.4 Å². The first-order valence-corrected chi connectivity index (χ1v) is 44.7. The number of fused-ring (bicyclic) bond motifs is 19. The number of hydrogen-bond donors (Lipinski definition) is 0. The maximum atomic E-state index is 2.43. The summed E-state index contributed by atoms with van der Waals surface area (Å²) in [5, 5.41) is 17.7. The van der Waals surface area contributed by atoms with Crippen LogP contribution in [0.4, 0.5) is 0 Å². The van der Waals surface area contributed by atoms with Crippen molar-refractivity contribution in [3.8, 4) is 89.8 Å². The summed E-state index contributed by atoms with van der Waals surface area (Å²) >= 11 is 0. The minimum Gasteiger partial charge on any atom is -0.309 e. The van der Waals surface area contributed by atoms with Gasteiger partial charge in [0.2, 0.25) is 0 Å². The van der Waals surface area contributed by atoms with E-state index in [0.29, 0.717) is 0 Å². The van der Waals surface area contributed by atoms with Crippen LogP contribution >= 0.6 is 0 Å². The Balaban J connectivity index is 0.000000105. The molecule has 0 spiro atoms. The highest BCUT2D eigenvalue weighted by Gasteiger charge is 2.24. The predicted octanol–water partition coefficient (Wildman–Crippen LogP) is 33.1. The molecule has 6 heterocycles. The summed E-state index contributed by atoms with van der Waals surface area (Å²) in [5.41, 5.74) is 33.4. The van der Waals surface area contributed by atoms with Crippen LogP contribution in [0.15, 0.2) is 497 Å². The van der Waals surface area contributed by atoms with Crippen LogP contribution in [0.1, 0.15) is 0 Å². The number of para-hydroxylation sites is 12. The zero-order chi connectivity index (χ0) is 85.7. The number of benzene rings is 21. The van der Waals surface area contributed by atoms with Crippen molar-refractivity contribution in [2.75, 3.05) is 0 Å². The van der Waals surface area contributed by atoms with Gasteiger partial charge in [0.05, 0.1) is 66.2 Å². The van der Waals surface area contributed by atoms with E-state index in [-0.39, 0.29) is 0 Å². The van der Waals surface area contributed by atoms with Crippen LogP contribution in [0.25, 0.3) is 231 Å². The van der Waals surface area contributed by atoms with Gasteiger partial charge in [-0.1, -0.05) is 370 Å². The molecule has 0 unspecified atom stereocenters. The van der Waals surface area contributed by atoms with Gasteiger partial charge in [-0.15, -0.1) is 0 Å². The molecule has 0 bridgehead atoms. The van der Waals surface area contributed by atoms with Gasteiger partial charge in [-0.25, -0.2) is 0 Å². The van der Waals surface area contributed by atoms with Crippen molar-refractivity contribution < 1.29 is 0 Å². The van der Waals surface area contributed by atoms with Gasteiger partial charge in [0.1, 0.15) is 0 Å². The van der Waals surface area contributed by atoms with Crippen molar-refractivity contribution in [3.05, 3.63) is 497 Å². The lowest BCUT2D eigenvalue weighted by atomic mass is 9.94. The second-order valence-corrected chi connectivity index (χ2v) is 33.8. The predicted molar refractivity (Wildman–Crippen MR) is 550 cm³/mol. The molecule has 0 fully saturated rings. The summed E-state index contributed by atoms with van der Waals surface area (Å²) in [6, 6.07) is 180. The van der Waals surface area contributed by atoms with Gasteiger partial charge in [-0.2, -0.15) is 0 Å². The molecular weight excluding hydrogens is 1570 g/mol. The van der Waals surface area contributed by atoms with Crippen LogP contribution in [0, 0.1) is 0 Å². The van der Waals surface area contributed by atoms with E-state index >= 15 is 0 Å². The Morgan fingerprint density at radius 3 is 0.554 bits per heavy atom. The normalized spacial score (nSPS) is 11.7. The third kappa shape index (κ3) is 12.6. The van der Waals surface area contributed by atoms with Crippen molar-refractivity contribution >= 4 is 142 Å². The summed E-state index contributed by atoms with van der Waals surface area (Å²) in [7, 11) is 0.